The molecule has 0 aliphatic heterocycles. The lowest BCUT2D eigenvalue weighted by atomic mass is 9.92. The number of aliphatic hydroxyl groups excluding tert-OH is 2. The Kier molecular flexibility index (Phi) is 5.50. The van der Waals surface area contributed by atoms with E-state index in [0.29, 0.717) is 12.3 Å². The Hall–Kier alpha value is -0.860. The van der Waals surface area contributed by atoms with Crippen LogP contribution in [-0.2, 0) is 0 Å². The predicted molar refractivity (Wildman–Crippen MR) is 66.1 cm³/mol. The lowest BCUT2D eigenvalue weighted by Gasteiger charge is -2.22. The average molecular weight is 222 g/mol. The molecule has 0 spiro atoms. The minimum Gasteiger partial charge on any atom is -0.390 e. The smallest absolute Gasteiger partial charge is 0.105 e. The van der Waals surface area contributed by atoms with Gasteiger partial charge in [0.25, 0.3) is 0 Å². The van der Waals surface area contributed by atoms with E-state index in [4.69, 9.17) is 0 Å². The molecule has 1 aromatic rings. The molecule has 2 unspecified atom stereocenters. The summed E-state index contributed by atoms with van der Waals surface area (Å²) in [7, 11) is 0. The second-order valence-corrected chi connectivity index (χ2v) is 4.34. The van der Waals surface area contributed by atoms with E-state index in [-0.39, 0.29) is 0 Å². The van der Waals surface area contributed by atoms with Crippen molar-refractivity contribution in [1.82, 2.24) is 0 Å². The maximum Gasteiger partial charge on any atom is 0.105 e. The first-order chi connectivity index (χ1) is 7.69. The minimum absolute atomic E-state index is 0.494. The minimum atomic E-state index is -0.762. The Morgan fingerprint density at radius 2 is 1.56 bits per heavy atom. The van der Waals surface area contributed by atoms with Crippen molar-refractivity contribution in [2.45, 2.75) is 45.3 Å². The summed E-state index contributed by atoms with van der Waals surface area (Å²) in [5, 5.41) is 19.9. The molecular formula is C14H22O2. The number of hydrogen-bond donors (Lipinski definition) is 2. The molecule has 2 heteroatoms. The monoisotopic (exact) mass is 222 g/mol. The number of rotatable bonds is 6. The summed E-state index contributed by atoms with van der Waals surface area (Å²) in [6.07, 6.45) is 1.35. The summed E-state index contributed by atoms with van der Waals surface area (Å²) in [6, 6.07) is 9.36. The molecule has 2 N–H and O–H groups in total. The van der Waals surface area contributed by atoms with Gasteiger partial charge in [0.05, 0.1) is 6.10 Å². The van der Waals surface area contributed by atoms with E-state index in [1.807, 2.05) is 30.3 Å². The van der Waals surface area contributed by atoms with Crippen LogP contribution in [0.4, 0.5) is 0 Å². The highest BCUT2D eigenvalue weighted by Crippen LogP contribution is 2.24. The van der Waals surface area contributed by atoms with Crippen molar-refractivity contribution in [2.24, 2.45) is 5.92 Å². The summed E-state index contributed by atoms with van der Waals surface area (Å²) in [4.78, 5) is 0. The molecule has 0 aromatic heterocycles. The molecule has 2 atom stereocenters. The zero-order valence-electron chi connectivity index (χ0n) is 10.1. The zero-order chi connectivity index (χ0) is 12.0. The van der Waals surface area contributed by atoms with Crippen molar-refractivity contribution in [3.8, 4) is 0 Å². The Morgan fingerprint density at radius 1 is 1.00 bits per heavy atom. The third-order valence-electron chi connectivity index (χ3n) is 3.24. The van der Waals surface area contributed by atoms with Gasteiger partial charge in [0.1, 0.15) is 6.10 Å². The maximum absolute atomic E-state index is 9.98. The Bertz CT molecular complexity index is 280. The molecule has 0 saturated carbocycles. The van der Waals surface area contributed by atoms with Crippen LogP contribution in [0, 0.1) is 5.92 Å². The van der Waals surface area contributed by atoms with Crippen LogP contribution < -0.4 is 0 Å². The summed E-state index contributed by atoms with van der Waals surface area (Å²) in [5.41, 5.74) is 0.793. The van der Waals surface area contributed by atoms with E-state index >= 15 is 0 Å². The lowest BCUT2D eigenvalue weighted by Crippen LogP contribution is -2.21. The van der Waals surface area contributed by atoms with Gasteiger partial charge in [0, 0.05) is 0 Å². The maximum atomic E-state index is 9.98. The third kappa shape index (κ3) is 3.62. The van der Waals surface area contributed by atoms with Gasteiger partial charge >= 0.3 is 0 Å². The first kappa shape index (κ1) is 13.2. The highest BCUT2D eigenvalue weighted by Gasteiger charge is 2.20. The van der Waals surface area contributed by atoms with Crippen LogP contribution in [0.25, 0.3) is 0 Å². The highest BCUT2D eigenvalue weighted by molar-refractivity contribution is 5.18. The molecule has 16 heavy (non-hydrogen) atoms. The van der Waals surface area contributed by atoms with E-state index in [1.165, 1.54) is 0 Å². The van der Waals surface area contributed by atoms with Gasteiger partial charge < -0.3 is 10.2 Å². The Labute approximate surface area is 97.9 Å². The van der Waals surface area contributed by atoms with Gasteiger partial charge in [-0.15, -0.1) is 0 Å². The summed E-state index contributed by atoms with van der Waals surface area (Å²) in [5.74, 6) is 0.494. The van der Waals surface area contributed by atoms with Gasteiger partial charge in [0.15, 0.2) is 0 Å². The van der Waals surface area contributed by atoms with Crippen molar-refractivity contribution in [3.63, 3.8) is 0 Å². The summed E-state index contributed by atoms with van der Waals surface area (Å²) < 4.78 is 0. The van der Waals surface area contributed by atoms with E-state index in [9.17, 15) is 10.2 Å². The second kappa shape index (κ2) is 6.66. The highest BCUT2D eigenvalue weighted by atomic mass is 16.3. The van der Waals surface area contributed by atoms with Crippen LogP contribution >= 0.6 is 0 Å². The van der Waals surface area contributed by atoms with Crippen molar-refractivity contribution >= 4 is 0 Å². The molecular weight excluding hydrogens is 200 g/mol. The topological polar surface area (TPSA) is 40.5 Å². The molecule has 90 valence electrons. The van der Waals surface area contributed by atoms with E-state index < -0.39 is 12.2 Å². The van der Waals surface area contributed by atoms with Crippen molar-refractivity contribution in [2.75, 3.05) is 0 Å². The Balaban J connectivity index is 2.57. The standard InChI is InChI=1S/C14H22O2/c1-3-11(4-2)10-13(15)14(16)12-8-6-5-7-9-12/h5-9,11,13-16H,3-4,10H2,1-2H3. The normalized spacial score (nSPS) is 15.1. The molecule has 0 aliphatic carbocycles. The fourth-order valence-electron chi connectivity index (χ4n) is 1.96. The van der Waals surface area contributed by atoms with E-state index in [2.05, 4.69) is 13.8 Å². The first-order valence-electron chi connectivity index (χ1n) is 6.10. The van der Waals surface area contributed by atoms with Gasteiger partial charge in [-0.1, -0.05) is 57.0 Å². The number of benzene rings is 1. The number of aliphatic hydroxyl groups is 2. The molecule has 0 fully saturated rings. The molecule has 0 heterocycles. The molecule has 2 nitrogen and oxygen atoms in total. The van der Waals surface area contributed by atoms with Crippen LogP contribution in [0.15, 0.2) is 30.3 Å². The molecule has 0 amide bonds. The van der Waals surface area contributed by atoms with Crippen molar-refractivity contribution in [3.05, 3.63) is 35.9 Å². The van der Waals surface area contributed by atoms with Crippen LogP contribution in [0.3, 0.4) is 0 Å². The van der Waals surface area contributed by atoms with Gasteiger partial charge in [-0.3, -0.25) is 0 Å². The Morgan fingerprint density at radius 3 is 2.06 bits per heavy atom. The van der Waals surface area contributed by atoms with E-state index in [1.54, 1.807) is 0 Å². The largest absolute Gasteiger partial charge is 0.390 e. The van der Waals surface area contributed by atoms with Crippen LogP contribution in [0.1, 0.15) is 44.8 Å². The quantitative estimate of drug-likeness (QED) is 0.777. The molecule has 0 saturated heterocycles. The summed E-state index contributed by atoms with van der Waals surface area (Å²) >= 11 is 0. The average Bonchev–Trinajstić information content (AvgIpc) is 2.35. The van der Waals surface area contributed by atoms with Crippen molar-refractivity contribution in [1.29, 1.82) is 0 Å². The predicted octanol–water partition coefficient (Wildman–Crippen LogP) is 2.91. The van der Waals surface area contributed by atoms with Crippen molar-refractivity contribution < 1.29 is 10.2 Å². The molecule has 1 aromatic carbocycles. The third-order valence-corrected chi connectivity index (χ3v) is 3.24. The van der Waals surface area contributed by atoms with Crippen LogP contribution in [0.2, 0.25) is 0 Å². The fraction of sp³-hybridized carbons (Fsp3) is 0.571. The fourth-order valence-corrected chi connectivity index (χ4v) is 1.96. The van der Waals surface area contributed by atoms with Crippen LogP contribution in [0.5, 0.6) is 0 Å². The van der Waals surface area contributed by atoms with Gasteiger partial charge in [-0.05, 0) is 17.9 Å². The van der Waals surface area contributed by atoms with Gasteiger partial charge in [-0.25, -0.2) is 0 Å². The van der Waals surface area contributed by atoms with Gasteiger partial charge in [0.2, 0.25) is 0 Å². The molecule has 0 radical (unpaired) electrons. The molecule has 1 rings (SSSR count). The molecule has 0 bridgehead atoms. The van der Waals surface area contributed by atoms with Crippen LogP contribution in [-0.4, -0.2) is 16.3 Å². The van der Waals surface area contributed by atoms with E-state index in [0.717, 1.165) is 18.4 Å². The van der Waals surface area contributed by atoms with Gasteiger partial charge in [-0.2, -0.15) is 0 Å². The SMILES string of the molecule is CCC(CC)CC(O)C(O)c1ccccc1. The second-order valence-electron chi connectivity index (χ2n) is 4.34. The zero-order valence-corrected chi connectivity index (χ0v) is 10.1. The number of hydrogen-bond acceptors (Lipinski definition) is 2. The summed E-state index contributed by atoms with van der Waals surface area (Å²) in [6.45, 7) is 4.24. The molecule has 0 aliphatic rings. The first-order valence-corrected chi connectivity index (χ1v) is 6.10. The lowest BCUT2D eigenvalue weighted by molar-refractivity contribution is 0.00293.